The van der Waals surface area contributed by atoms with Crippen molar-refractivity contribution in [3.05, 3.63) is 53.1 Å². The molecule has 0 bridgehead atoms. The number of aliphatic imine (C=N–C) groups is 1. The van der Waals surface area contributed by atoms with Crippen LogP contribution in [0.25, 0.3) is 10.8 Å². The molecule has 0 saturated carbocycles. The SMILES string of the molecule is CN(C)CCN1C(=O)c2c3c(c4ccc(O)cc4c2C1=O)N=C1C=CC=C(C(=O)OC(C)(C)C)C1O3. The van der Waals surface area contributed by atoms with Gasteiger partial charge in [0.15, 0.2) is 11.9 Å². The van der Waals surface area contributed by atoms with E-state index < -0.39 is 29.5 Å². The van der Waals surface area contributed by atoms with Gasteiger partial charge in [-0.1, -0.05) is 6.08 Å². The zero-order chi connectivity index (χ0) is 25.9. The second-order valence-electron chi connectivity index (χ2n) is 10.2. The van der Waals surface area contributed by atoms with Crippen LogP contribution in [-0.2, 0) is 9.53 Å². The number of likely N-dealkylation sites (N-methyl/N-ethyl adjacent to an activating group) is 1. The van der Waals surface area contributed by atoms with Crippen molar-refractivity contribution in [1.29, 1.82) is 0 Å². The number of hydrogen-bond donors (Lipinski definition) is 1. The highest BCUT2D eigenvalue weighted by Gasteiger charge is 2.44. The summed E-state index contributed by atoms with van der Waals surface area (Å²) >= 11 is 0. The Morgan fingerprint density at radius 1 is 1.17 bits per heavy atom. The molecule has 36 heavy (non-hydrogen) atoms. The summed E-state index contributed by atoms with van der Waals surface area (Å²) < 4.78 is 11.9. The fraction of sp³-hybridized carbons (Fsp3) is 0.333. The Hall–Kier alpha value is -3.98. The largest absolute Gasteiger partial charge is 0.508 e. The molecule has 0 aromatic heterocycles. The van der Waals surface area contributed by atoms with Crippen molar-refractivity contribution in [2.45, 2.75) is 32.5 Å². The third-order valence-electron chi connectivity index (χ3n) is 6.11. The molecule has 5 rings (SSSR count). The first kappa shape index (κ1) is 23.7. The molecule has 186 valence electrons. The summed E-state index contributed by atoms with van der Waals surface area (Å²) in [4.78, 5) is 47.8. The number of ether oxygens (including phenoxy) is 2. The molecule has 2 amide bonds. The maximum atomic E-state index is 13.6. The van der Waals surface area contributed by atoms with Gasteiger partial charge in [0.1, 0.15) is 17.0 Å². The summed E-state index contributed by atoms with van der Waals surface area (Å²) in [6.45, 7) is 6.00. The van der Waals surface area contributed by atoms with Crippen LogP contribution in [-0.4, -0.2) is 77.3 Å². The Labute approximate surface area is 208 Å². The number of amides is 2. The molecule has 0 spiro atoms. The van der Waals surface area contributed by atoms with E-state index in [-0.39, 0.29) is 34.7 Å². The molecule has 9 heteroatoms. The Bertz CT molecular complexity index is 1430. The van der Waals surface area contributed by atoms with Crippen molar-refractivity contribution < 1.29 is 29.0 Å². The van der Waals surface area contributed by atoms with Gasteiger partial charge in [-0.3, -0.25) is 14.5 Å². The molecule has 3 aliphatic rings. The standard InChI is InChI=1S/C27H27N3O6/c1-27(2,3)36-26(34)16-7-6-8-18-22(16)35-23-20-19(24(32)30(25(20)33)12-11-29(4)5)17-13-14(31)9-10-15(17)21(23)28-18/h6-10,13,22,31H,11-12H2,1-5H3. The monoisotopic (exact) mass is 489 g/mol. The lowest BCUT2D eigenvalue weighted by atomic mass is 9.93. The van der Waals surface area contributed by atoms with Crippen LogP contribution in [0.3, 0.4) is 0 Å². The molecule has 0 saturated heterocycles. The Balaban J connectivity index is 1.68. The number of carbonyl (C=O) groups excluding carboxylic acids is 3. The highest BCUT2D eigenvalue weighted by Crippen LogP contribution is 2.49. The molecular formula is C27H27N3O6. The fourth-order valence-electron chi connectivity index (χ4n) is 4.51. The highest BCUT2D eigenvalue weighted by molar-refractivity contribution is 6.30. The average molecular weight is 490 g/mol. The van der Waals surface area contributed by atoms with E-state index in [0.717, 1.165) is 0 Å². The van der Waals surface area contributed by atoms with E-state index in [1.807, 2.05) is 19.0 Å². The number of rotatable bonds is 4. The van der Waals surface area contributed by atoms with E-state index in [1.165, 1.54) is 17.0 Å². The van der Waals surface area contributed by atoms with Crippen molar-refractivity contribution in [3.63, 3.8) is 0 Å². The number of phenols is 1. The normalized spacial score (nSPS) is 18.5. The summed E-state index contributed by atoms with van der Waals surface area (Å²) in [5, 5.41) is 11.2. The fourth-order valence-corrected chi connectivity index (χ4v) is 4.51. The molecule has 2 heterocycles. The van der Waals surface area contributed by atoms with E-state index in [0.29, 0.717) is 28.7 Å². The van der Waals surface area contributed by atoms with Crippen molar-refractivity contribution >= 4 is 40.0 Å². The second kappa shape index (κ2) is 8.30. The van der Waals surface area contributed by atoms with E-state index in [1.54, 1.807) is 45.1 Å². The number of carbonyl (C=O) groups is 3. The summed E-state index contributed by atoms with van der Waals surface area (Å²) in [6, 6.07) is 4.61. The Morgan fingerprint density at radius 2 is 1.89 bits per heavy atom. The molecule has 1 aliphatic carbocycles. The minimum Gasteiger partial charge on any atom is -0.508 e. The molecule has 1 atom stereocenters. The first-order valence-electron chi connectivity index (χ1n) is 11.7. The highest BCUT2D eigenvalue weighted by atomic mass is 16.6. The number of esters is 1. The number of aromatic hydroxyl groups is 1. The van der Waals surface area contributed by atoms with E-state index in [4.69, 9.17) is 14.5 Å². The predicted molar refractivity (Wildman–Crippen MR) is 134 cm³/mol. The van der Waals surface area contributed by atoms with Gasteiger partial charge in [-0.05, 0) is 65.2 Å². The maximum Gasteiger partial charge on any atom is 0.338 e. The van der Waals surface area contributed by atoms with Gasteiger partial charge in [-0.15, -0.1) is 0 Å². The zero-order valence-electron chi connectivity index (χ0n) is 20.8. The third-order valence-corrected chi connectivity index (χ3v) is 6.11. The van der Waals surface area contributed by atoms with Gasteiger partial charge in [-0.2, -0.15) is 0 Å². The summed E-state index contributed by atoms with van der Waals surface area (Å²) in [6.07, 6.45) is 4.15. The average Bonchev–Trinajstić information content (AvgIpc) is 3.05. The zero-order valence-corrected chi connectivity index (χ0v) is 20.8. The van der Waals surface area contributed by atoms with Gasteiger partial charge in [-0.25, -0.2) is 9.79 Å². The van der Waals surface area contributed by atoms with E-state index >= 15 is 0 Å². The number of phenolic OH excluding ortho intramolecular Hbond substituents is 1. The first-order valence-corrected chi connectivity index (χ1v) is 11.7. The molecule has 2 aromatic carbocycles. The number of allylic oxidation sites excluding steroid dienone is 2. The van der Waals surface area contributed by atoms with Gasteiger partial charge in [0, 0.05) is 23.9 Å². The molecule has 9 nitrogen and oxygen atoms in total. The Kier molecular flexibility index (Phi) is 5.48. The molecule has 1 N–H and O–H groups in total. The number of nitrogens with zero attached hydrogens (tertiary/aromatic N) is 3. The topological polar surface area (TPSA) is 109 Å². The second-order valence-corrected chi connectivity index (χ2v) is 10.2. The quantitative estimate of drug-likeness (QED) is 0.518. The molecule has 2 aliphatic heterocycles. The minimum atomic E-state index is -0.894. The van der Waals surface area contributed by atoms with Crippen molar-refractivity contribution in [3.8, 4) is 11.5 Å². The predicted octanol–water partition coefficient (Wildman–Crippen LogP) is 3.37. The van der Waals surface area contributed by atoms with Gasteiger partial charge < -0.3 is 19.5 Å². The first-order chi connectivity index (χ1) is 17.0. The van der Waals surface area contributed by atoms with Gasteiger partial charge in [0.2, 0.25) is 0 Å². The van der Waals surface area contributed by atoms with Gasteiger partial charge >= 0.3 is 5.97 Å². The molecular weight excluding hydrogens is 462 g/mol. The van der Waals surface area contributed by atoms with E-state index in [2.05, 4.69) is 0 Å². The smallest absolute Gasteiger partial charge is 0.338 e. The summed E-state index contributed by atoms with van der Waals surface area (Å²) in [5.41, 5.74) is 0.640. The van der Waals surface area contributed by atoms with Crippen molar-refractivity contribution in [2.24, 2.45) is 4.99 Å². The van der Waals surface area contributed by atoms with Crippen LogP contribution in [0.1, 0.15) is 41.5 Å². The maximum absolute atomic E-state index is 13.6. The summed E-state index contributed by atoms with van der Waals surface area (Å²) in [7, 11) is 3.71. The third kappa shape index (κ3) is 3.85. The minimum absolute atomic E-state index is 0.0356. The van der Waals surface area contributed by atoms with Crippen LogP contribution < -0.4 is 4.74 Å². The Morgan fingerprint density at radius 3 is 2.58 bits per heavy atom. The number of hydrogen-bond acceptors (Lipinski definition) is 8. The summed E-state index contributed by atoms with van der Waals surface area (Å²) in [5.74, 6) is -1.39. The van der Waals surface area contributed by atoms with Gasteiger partial charge in [0.25, 0.3) is 11.8 Å². The number of imide groups is 1. The van der Waals surface area contributed by atoms with Crippen molar-refractivity contribution in [2.75, 3.05) is 27.2 Å². The van der Waals surface area contributed by atoms with Crippen LogP contribution in [0.2, 0.25) is 0 Å². The molecule has 0 radical (unpaired) electrons. The number of fused-ring (bicyclic) bond motifs is 7. The number of benzene rings is 2. The van der Waals surface area contributed by atoms with Crippen LogP contribution >= 0.6 is 0 Å². The van der Waals surface area contributed by atoms with Crippen molar-refractivity contribution in [1.82, 2.24) is 9.80 Å². The van der Waals surface area contributed by atoms with Gasteiger partial charge in [0.05, 0.1) is 22.4 Å². The molecule has 2 aromatic rings. The van der Waals surface area contributed by atoms with Crippen LogP contribution in [0.4, 0.5) is 5.69 Å². The van der Waals surface area contributed by atoms with Crippen LogP contribution in [0.5, 0.6) is 11.5 Å². The lowest BCUT2D eigenvalue weighted by Gasteiger charge is -2.30. The molecule has 0 fully saturated rings. The van der Waals surface area contributed by atoms with E-state index in [9.17, 15) is 19.5 Å². The van der Waals surface area contributed by atoms with Crippen LogP contribution in [0.15, 0.2) is 47.0 Å². The lowest BCUT2D eigenvalue weighted by molar-refractivity contribution is -0.150. The van der Waals surface area contributed by atoms with Crippen LogP contribution in [0, 0.1) is 0 Å². The molecule has 1 unspecified atom stereocenters. The lowest BCUT2D eigenvalue weighted by Crippen LogP contribution is -2.38.